The van der Waals surface area contributed by atoms with E-state index < -0.39 is 0 Å². The zero-order chi connectivity index (χ0) is 15.9. The second-order valence-corrected chi connectivity index (χ2v) is 7.23. The molecule has 0 fully saturated rings. The van der Waals surface area contributed by atoms with Gasteiger partial charge in [-0.2, -0.15) is 0 Å². The summed E-state index contributed by atoms with van der Waals surface area (Å²) in [6.07, 6.45) is 16.5. The molecule has 0 radical (unpaired) electrons. The maximum Gasteiger partial charge on any atom is -0.0142 e. The minimum atomic E-state index is 0.422. The van der Waals surface area contributed by atoms with Crippen molar-refractivity contribution in [1.29, 1.82) is 0 Å². The van der Waals surface area contributed by atoms with E-state index in [4.69, 9.17) is 0 Å². The summed E-state index contributed by atoms with van der Waals surface area (Å²) in [5.74, 6) is 0. The van der Waals surface area contributed by atoms with Crippen LogP contribution in [0.2, 0.25) is 0 Å². The van der Waals surface area contributed by atoms with Crippen LogP contribution >= 0.6 is 0 Å². The molecule has 0 unspecified atom stereocenters. The van der Waals surface area contributed by atoms with Crippen LogP contribution in [0, 0.1) is 5.41 Å². The molecule has 0 spiro atoms. The lowest BCUT2D eigenvalue weighted by molar-refractivity contribution is 0.354. The van der Waals surface area contributed by atoms with Crippen LogP contribution in [0.4, 0.5) is 0 Å². The zero-order valence-corrected chi connectivity index (χ0v) is 15.1. The maximum absolute atomic E-state index is 2.42. The summed E-state index contributed by atoms with van der Waals surface area (Å²) < 4.78 is 0. The summed E-state index contributed by atoms with van der Waals surface area (Å²) in [5.41, 5.74) is 6.69. The average Bonchev–Trinajstić information content (AvgIpc) is 2.37. The highest BCUT2D eigenvalue weighted by atomic mass is 14.3. The Bertz CT molecular complexity index is 452. The molecule has 21 heavy (non-hydrogen) atoms. The third kappa shape index (κ3) is 6.08. The van der Waals surface area contributed by atoms with Gasteiger partial charge in [-0.05, 0) is 71.6 Å². The molecule has 0 aromatic heterocycles. The summed E-state index contributed by atoms with van der Waals surface area (Å²) in [6.45, 7) is 13.7. The number of rotatable bonds is 6. The Hall–Kier alpha value is -1.04. The topological polar surface area (TPSA) is 0 Å². The quantitative estimate of drug-likeness (QED) is 0.359. The predicted molar refractivity (Wildman–Crippen MR) is 96.5 cm³/mol. The Morgan fingerprint density at radius 1 is 1.19 bits per heavy atom. The first-order chi connectivity index (χ1) is 9.86. The van der Waals surface area contributed by atoms with Crippen LogP contribution < -0.4 is 0 Å². The van der Waals surface area contributed by atoms with Crippen molar-refractivity contribution >= 4 is 0 Å². The van der Waals surface area contributed by atoms with Crippen molar-refractivity contribution < 1.29 is 0 Å². The zero-order valence-electron chi connectivity index (χ0n) is 15.1. The van der Waals surface area contributed by atoms with Crippen molar-refractivity contribution in [3.8, 4) is 0 Å². The molecule has 0 atom stereocenters. The van der Waals surface area contributed by atoms with Crippen molar-refractivity contribution in [3.63, 3.8) is 0 Å². The summed E-state index contributed by atoms with van der Waals surface area (Å²) in [4.78, 5) is 0. The highest BCUT2D eigenvalue weighted by Gasteiger charge is 2.27. The van der Waals surface area contributed by atoms with Crippen LogP contribution in [0.1, 0.15) is 80.1 Å². The maximum atomic E-state index is 2.42. The molecule has 0 saturated carbocycles. The van der Waals surface area contributed by atoms with Gasteiger partial charge in [0, 0.05) is 0 Å². The molecule has 118 valence electrons. The normalized spacial score (nSPS) is 20.5. The summed E-state index contributed by atoms with van der Waals surface area (Å²) >= 11 is 0. The van der Waals surface area contributed by atoms with Gasteiger partial charge >= 0.3 is 0 Å². The fourth-order valence-electron chi connectivity index (χ4n) is 3.43. The van der Waals surface area contributed by atoms with Gasteiger partial charge < -0.3 is 0 Å². The fourth-order valence-corrected chi connectivity index (χ4v) is 3.43. The highest BCUT2D eigenvalue weighted by molar-refractivity contribution is 5.24. The standard InChI is InChI=1S/C21H34/c1-7-10-17(2)11-8-12-18(3)14-15-20-19(4)13-9-16-21(20,5)6/h7,10-12H,8-9,13-16H2,1-6H3/b10-7+,17-11+,18-12+. The van der Waals surface area contributed by atoms with E-state index in [9.17, 15) is 0 Å². The van der Waals surface area contributed by atoms with Crippen molar-refractivity contribution in [2.75, 3.05) is 0 Å². The first kappa shape index (κ1) is 18.0. The predicted octanol–water partition coefficient (Wildman–Crippen LogP) is 7.15. The van der Waals surface area contributed by atoms with E-state index in [0.717, 1.165) is 6.42 Å². The summed E-state index contributed by atoms with van der Waals surface area (Å²) in [5, 5.41) is 0. The van der Waals surface area contributed by atoms with Crippen LogP contribution in [0.5, 0.6) is 0 Å². The molecule has 0 heterocycles. The number of hydrogen-bond donors (Lipinski definition) is 0. The molecular weight excluding hydrogens is 252 g/mol. The van der Waals surface area contributed by atoms with E-state index in [2.05, 4.69) is 65.8 Å². The molecule has 0 nitrogen and oxygen atoms in total. The van der Waals surface area contributed by atoms with Crippen LogP contribution in [0.25, 0.3) is 0 Å². The van der Waals surface area contributed by atoms with Crippen LogP contribution in [0.15, 0.2) is 46.6 Å². The first-order valence-corrected chi connectivity index (χ1v) is 8.51. The van der Waals surface area contributed by atoms with Gasteiger partial charge in [-0.25, -0.2) is 0 Å². The van der Waals surface area contributed by atoms with Gasteiger partial charge in [-0.1, -0.05) is 60.4 Å². The van der Waals surface area contributed by atoms with Crippen molar-refractivity contribution in [3.05, 3.63) is 46.6 Å². The van der Waals surface area contributed by atoms with Gasteiger partial charge in [0.15, 0.2) is 0 Å². The Kier molecular flexibility index (Phi) is 7.22. The monoisotopic (exact) mass is 286 g/mol. The van der Waals surface area contributed by atoms with Crippen molar-refractivity contribution in [2.24, 2.45) is 5.41 Å². The molecule has 0 aromatic rings. The Morgan fingerprint density at radius 2 is 1.90 bits per heavy atom. The SMILES string of the molecule is C/C=C/C(C)=C/C/C=C(\C)CCC1=C(C)CCCC1(C)C. The summed E-state index contributed by atoms with van der Waals surface area (Å²) in [6, 6.07) is 0. The number of allylic oxidation sites excluding steroid dienone is 8. The van der Waals surface area contributed by atoms with Gasteiger partial charge in [-0.15, -0.1) is 0 Å². The van der Waals surface area contributed by atoms with Crippen molar-refractivity contribution in [1.82, 2.24) is 0 Å². The highest BCUT2D eigenvalue weighted by Crippen LogP contribution is 2.42. The fraction of sp³-hybridized carbons (Fsp3) is 0.619. The van der Waals surface area contributed by atoms with E-state index >= 15 is 0 Å². The molecule has 0 N–H and O–H groups in total. The lowest BCUT2D eigenvalue weighted by Gasteiger charge is -2.34. The van der Waals surface area contributed by atoms with E-state index in [1.807, 2.05) is 0 Å². The Labute approximate surface area is 132 Å². The third-order valence-corrected chi connectivity index (χ3v) is 4.79. The molecule has 0 aromatic carbocycles. The molecule has 0 bridgehead atoms. The smallest absolute Gasteiger partial charge is 0.0142 e. The number of hydrogen-bond acceptors (Lipinski definition) is 0. The molecule has 0 heteroatoms. The van der Waals surface area contributed by atoms with Gasteiger partial charge in [0.1, 0.15) is 0 Å². The van der Waals surface area contributed by atoms with Gasteiger partial charge in [0.05, 0.1) is 0 Å². The molecule has 1 aliphatic rings. The average molecular weight is 287 g/mol. The van der Waals surface area contributed by atoms with Gasteiger partial charge in [0.2, 0.25) is 0 Å². The van der Waals surface area contributed by atoms with Crippen LogP contribution in [-0.2, 0) is 0 Å². The van der Waals surface area contributed by atoms with Gasteiger partial charge in [-0.3, -0.25) is 0 Å². The molecule has 0 aliphatic heterocycles. The van der Waals surface area contributed by atoms with E-state index in [0.29, 0.717) is 5.41 Å². The molecular formula is C21H34. The minimum Gasteiger partial charge on any atom is -0.0874 e. The third-order valence-electron chi connectivity index (χ3n) is 4.79. The van der Waals surface area contributed by atoms with Crippen LogP contribution in [0.3, 0.4) is 0 Å². The largest absolute Gasteiger partial charge is 0.0874 e. The Balaban J connectivity index is 2.56. The second kappa shape index (κ2) is 8.41. The molecule has 1 aliphatic carbocycles. The lowest BCUT2D eigenvalue weighted by atomic mass is 9.71. The van der Waals surface area contributed by atoms with Crippen molar-refractivity contribution in [2.45, 2.75) is 80.1 Å². The van der Waals surface area contributed by atoms with E-state index in [1.54, 1.807) is 11.1 Å². The lowest BCUT2D eigenvalue weighted by Crippen LogP contribution is -2.20. The Morgan fingerprint density at radius 3 is 2.52 bits per heavy atom. The van der Waals surface area contributed by atoms with Crippen LogP contribution in [-0.4, -0.2) is 0 Å². The van der Waals surface area contributed by atoms with Gasteiger partial charge in [0.25, 0.3) is 0 Å². The minimum absolute atomic E-state index is 0.422. The second-order valence-electron chi connectivity index (χ2n) is 7.23. The molecule has 1 rings (SSSR count). The van der Waals surface area contributed by atoms with E-state index in [1.165, 1.54) is 43.3 Å². The first-order valence-electron chi connectivity index (χ1n) is 8.51. The molecule has 0 saturated heterocycles. The van der Waals surface area contributed by atoms with E-state index in [-0.39, 0.29) is 0 Å². The summed E-state index contributed by atoms with van der Waals surface area (Å²) in [7, 11) is 0. The molecule has 0 amide bonds.